The fourth-order valence-corrected chi connectivity index (χ4v) is 2.32. The maximum Gasteiger partial charge on any atom is 0.134 e. The van der Waals surface area contributed by atoms with E-state index in [0.717, 1.165) is 22.7 Å². The van der Waals surface area contributed by atoms with Gasteiger partial charge in [0.15, 0.2) is 0 Å². The predicted octanol–water partition coefficient (Wildman–Crippen LogP) is 3.88. The van der Waals surface area contributed by atoms with Crippen molar-refractivity contribution in [3.8, 4) is 0 Å². The molecule has 1 N–H and O–H groups in total. The largest absolute Gasteiger partial charge is 0.466 e. The van der Waals surface area contributed by atoms with Crippen LogP contribution in [0.3, 0.4) is 0 Å². The molecule has 1 fully saturated rings. The highest BCUT2D eigenvalue weighted by atomic mass is 79.9. The van der Waals surface area contributed by atoms with E-state index in [9.17, 15) is 0 Å². The molecule has 0 saturated heterocycles. The first kappa shape index (κ1) is 11.2. The Morgan fingerprint density at radius 1 is 1.60 bits per heavy atom. The highest BCUT2D eigenvalue weighted by molar-refractivity contribution is 9.10. The second kappa shape index (κ2) is 5.17. The zero-order valence-electron chi connectivity index (χ0n) is 9.13. The van der Waals surface area contributed by atoms with Crippen LogP contribution in [0.5, 0.6) is 0 Å². The van der Waals surface area contributed by atoms with E-state index in [1.807, 2.05) is 6.07 Å². The van der Waals surface area contributed by atoms with E-state index in [2.05, 4.69) is 28.2 Å². The summed E-state index contributed by atoms with van der Waals surface area (Å²) < 4.78 is 6.64. The van der Waals surface area contributed by atoms with E-state index in [-0.39, 0.29) is 0 Å². The number of hydrogen-bond donors (Lipinski definition) is 1. The van der Waals surface area contributed by atoms with E-state index >= 15 is 0 Å². The number of rotatable bonds is 6. The van der Waals surface area contributed by atoms with Crippen molar-refractivity contribution in [2.45, 2.75) is 38.6 Å². The Hall–Kier alpha value is -0.280. The molecule has 2 nitrogen and oxygen atoms in total. The van der Waals surface area contributed by atoms with Crippen LogP contribution in [0, 0.1) is 5.92 Å². The summed E-state index contributed by atoms with van der Waals surface area (Å²) in [5.41, 5.74) is 0. The van der Waals surface area contributed by atoms with Gasteiger partial charge in [-0.1, -0.05) is 19.8 Å². The molecule has 1 aromatic heterocycles. The normalized spacial score (nSPS) is 18.0. The van der Waals surface area contributed by atoms with Gasteiger partial charge in [-0.15, -0.1) is 0 Å². The molecule has 1 atom stereocenters. The Kier molecular flexibility index (Phi) is 3.87. The third kappa shape index (κ3) is 3.08. The van der Waals surface area contributed by atoms with Crippen LogP contribution in [-0.2, 0) is 0 Å². The van der Waals surface area contributed by atoms with Crippen LogP contribution in [0.1, 0.15) is 44.4 Å². The molecule has 1 aromatic rings. The van der Waals surface area contributed by atoms with Gasteiger partial charge in [-0.3, -0.25) is 0 Å². The summed E-state index contributed by atoms with van der Waals surface area (Å²) in [6, 6.07) is 2.37. The van der Waals surface area contributed by atoms with Crippen molar-refractivity contribution < 1.29 is 4.42 Å². The standard InChI is InChI=1S/C12H18BrNO/c1-2-6-14-11(8-9-3-4-9)12-10(13)5-7-15-12/h5,7,9,11,14H,2-4,6,8H2,1H3. The van der Waals surface area contributed by atoms with Gasteiger partial charge >= 0.3 is 0 Å². The topological polar surface area (TPSA) is 25.2 Å². The summed E-state index contributed by atoms with van der Waals surface area (Å²) in [4.78, 5) is 0. The van der Waals surface area contributed by atoms with Gasteiger partial charge in [-0.25, -0.2) is 0 Å². The summed E-state index contributed by atoms with van der Waals surface area (Å²) in [5.74, 6) is 1.98. The van der Waals surface area contributed by atoms with Crippen molar-refractivity contribution >= 4 is 15.9 Å². The summed E-state index contributed by atoms with van der Waals surface area (Å²) in [6.45, 7) is 3.25. The fourth-order valence-electron chi connectivity index (χ4n) is 1.84. The van der Waals surface area contributed by atoms with Crippen LogP contribution in [0.25, 0.3) is 0 Å². The Balaban J connectivity index is 1.99. The molecule has 3 heteroatoms. The fraction of sp³-hybridized carbons (Fsp3) is 0.667. The average Bonchev–Trinajstić information content (AvgIpc) is 2.95. The SMILES string of the molecule is CCCNC(CC1CC1)c1occc1Br. The number of nitrogens with one attached hydrogen (secondary N) is 1. The lowest BCUT2D eigenvalue weighted by molar-refractivity contribution is 0.381. The van der Waals surface area contributed by atoms with Gasteiger partial charge in [0.25, 0.3) is 0 Å². The molecular formula is C12H18BrNO. The first-order valence-corrected chi connectivity index (χ1v) is 6.56. The lowest BCUT2D eigenvalue weighted by Gasteiger charge is -2.16. The van der Waals surface area contributed by atoms with Crippen LogP contribution >= 0.6 is 15.9 Å². The third-order valence-corrected chi connectivity index (χ3v) is 3.52. The maximum atomic E-state index is 5.54. The Labute approximate surface area is 99.6 Å². The minimum absolute atomic E-state index is 0.391. The second-order valence-electron chi connectivity index (χ2n) is 4.32. The van der Waals surface area contributed by atoms with E-state index in [0.29, 0.717) is 6.04 Å². The molecule has 0 amide bonds. The number of halogens is 1. The van der Waals surface area contributed by atoms with Crippen LogP contribution < -0.4 is 5.32 Å². The molecule has 0 aromatic carbocycles. The van der Waals surface area contributed by atoms with Crippen LogP contribution in [0.15, 0.2) is 21.2 Å². The molecule has 0 spiro atoms. The van der Waals surface area contributed by atoms with Gasteiger partial charge in [0.2, 0.25) is 0 Å². The second-order valence-corrected chi connectivity index (χ2v) is 5.17. The van der Waals surface area contributed by atoms with Gasteiger partial charge in [0.05, 0.1) is 16.8 Å². The highest BCUT2D eigenvalue weighted by Gasteiger charge is 2.28. The molecule has 0 bridgehead atoms. The summed E-state index contributed by atoms with van der Waals surface area (Å²) in [5, 5.41) is 3.56. The lowest BCUT2D eigenvalue weighted by atomic mass is 10.1. The molecule has 0 aliphatic heterocycles. The number of hydrogen-bond acceptors (Lipinski definition) is 2. The van der Waals surface area contributed by atoms with E-state index < -0.39 is 0 Å². The Morgan fingerprint density at radius 2 is 2.40 bits per heavy atom. The summed E-state index contributed by atoms with van der Waals surface area (Å²) in [6.07, 6.45) is 6.92. The molecule has 0 radical (unpaired) electrons. The molecule has 84 valence electrons. The molecule has 15 heavy (non-hydrogen) atoms. The van der Waals surface area contributed by atoms with Crippen molar-refractivity contribution in [1.29, 1.82) is 0 Å². The predicted molar refractivity (Wildman–Crippen MR) is 64.8 cm³/mol. The van der Waals surface area contributed by atoms with Crippen molar-refractivity contribution in [3.05, 3.63) is 22.6 Å². The third-order valence-electron chi connectivity index (χ3n) is 2.87. The van der Waals surface area contributed by atoms with Crippen molar-refractivity contribution in [3.63, 3.8) is 0 Å². The minimum Gasteiger partial charge on any atom is -0.466 e. The molecule has 1 aliphatic rings. The van der Waals surface area contributed by atoms with Crippen molar-refractivity contribution in [2.75, 3.05) is 6.54 Å². The van der Waals surface area contributed by atoms with Crippen LogP contribution in [-0.4, -0.2) is 6.54 Å². The summed E-state index contributed by atoms with van der Waals surface area (Å²) >= 11 is 3.54. The molecule has 1 aliphatic carbocycles. The van der Waals surface area contributed by atoms with Gasteiger partial charge < -0.3 is 9.73 Å². The van der Waals surface area contributed by atoms with Crippen LogP contribution in [0.2, 0.25) is 0 Å². The molecule has 1 saturated carbocycles. The Morgan fingerprint density at radius 3 is 2.93 bits per heavy atom. The van der Waals surface area contributed by atoms with Crippen molar-refractivity contribution in [2.24, 2.45) is 5.92 Å². The van der Waals surface area contributed by atoms with Crippen LogP contribution in [0.4, 0.5) is 0 Å². The van der Waals surface area contributed by atoms with E-state index in [1.165, 1.54) is 25.7 Å². The maximum absolute atomic E-state index is 5.54. The van der Waals surface area contributed by atoms with E-state index in [1.54, 1.807) is 6.26 Å². The lowest BCUT2D eigenvalue weighted by Crippen LogP contribution is -2.22. The monoisotopic (exact) mass is 271 g/mol. The van der Waals surface area contributed by atoms with Crippen molar-refractivity contribution in [1.82, 2.24) is 5.32 Å². The minimum atomic E-state index is 0.391. The first-order valence-electron chi connectivity index (χ1n) is 5.77. The highest BCUT2D eigenvalue weighted by Crippen LogP contribution is 2.39. The van der Waals surface area contributed by atoms with Gasteiger partial charge in [0.1, 0.15) is 5.76 Å². The number of furan rings is 1. The molecule has 2 rings (SSSR count). The average molecular weight is 272 g/mol. The smallest absolute Gasteiger partial charge is 0.134 e. The first-order chi connectivity index (χ1) is 7.31. The molecule has 1 unspecified atom stereocenters. The quantitative estimate of drug-likeness (QED) is 0.850. The zero-order valence-corrected chi connectivity index (χ0v) is 10.7. The zero-order chi connectivity index (χ0) is 10.7. The molecular weight excluding hydrogens is 254 g/mol. The molecule has 1 heterocycles. The Bertz CT molecular complexity index is 306. The summed E-state index contributed by atoms with van der Waals surface area (Å²) in [7, 11) is 0. The van der Waals surface area contributed by atoms with Gasteiger partial charge in [0, 0.05) is 0 Å². The van der Waals surface area contributed by atoms with E-state index in [4.69, 9.17) is 4.42 Å². The van der Waals surface area contributed by atoms with Gasteiger partial charge in [-0.05, 0) is 47.3 Å². The van der Waals surface area contributed by atoms with Gasteiger partial charge in [-0.2, -0.15) is 0 Å².